The molecule has 1 aromatic heterocycles. The van der Waals surface area contributed by atoms with Gasteiger partial charge >= 0.3 is 0 Å². The summed E-state index contributed by atoms with van der Waals surface area (Å²) < 4.78 is 5.42. The molecule has 2 saturated heterocycles. The smallest absolute Gasteiger partial charge is 0.222 e. The average Bonchev–Trinajstić information content (AvgIpc) is 3.31. The van der Waals surface area contributed by atoms with Crippen LogP contribution in [0.25, 0.3) is 10.9 Å². The van der Waals surface area contributed by atoms with Crippen LogP contribution in [0.3, 0.4) is 0 Å². The molecule has 6 heteroatoms. The zero-order valence-corrected chi connectivity index (χ0v) is 15.8. The number of carbonyl (C=O) groups excluding carboxylic acids is 1. The van der Waals surface area contributed by atoms with Crippen LogP contribution in [-0.4, -0.2) is 78.3 Å². The van der Waals surface area contributed by atoms with E-state index in [9.17, 15) is 9.90 Å². The third-order valence-electron chi connectivity index (χ3n) is 6.04. The van der Waals surface area contributed by atoms with Crippen molar-refractivity contribution in [3.05, 3.63) is 36.0 Å². The maximum absolute atomic E-state index is 12.8. The maximum atomic E-state index is 12.8. The molecule has 0 saturated carbocycles. The molecule has 2 fully saturated rings. The Morgan fingerprint density at radius 1 is 1.19 bits per heavy atom. The molecule has 27 heavy (non-hydrogen) atoms. The van der Waals surface area contributed by atoms with Gasteiger partial charge in [0.25, 0.3) is 0 Å². The lowest BCUT2D eigenvalue weighted by molar-refractivity contribution is -0.130. The van der Waals surface area contributed by atoms with Crippen molar-refractivity contribution in [1.29, 1.82) is 0 Å². The summed E-state index contributed by atoms with van der Waals surface area (Å²) in [4.78, 5) is 20.4. The molecule has 4 rings (SSSR count). The van der Waals surface area contributed by atoms with Crippen LogP contribution in [0.2, 0.25) is 0 Å². The Labute approximate surface area is 160 Å². The fourth-order valence-electron chi connectivity index (χ4n) is 4.41. The van der Waals surface area contributed by atoms with E-state index in [1.807, 2.05) is 23.2 Å². The topological polar surface area (TPSA) is 68.8 Å². The number of nitrogens with zero attached hydrogens (tertiary/aromatic N) is 2. The van der Waals surface area contributed by atoms with Crippen LogP contribution < -0.4 is 0 Å². The van der Waals surface area contributed by atoms with Crippen molar-refractivity contribution < 1.29 is 14.6 Å². The van der Waals surface area contributed by atoms with Crippen LogP contribution >= 0.6 is 0 Å². The standard InChI is InChI=1S/C21H29N3O3/c25-15-18-14-24(13-17(18)12-23-7-9-27-10-8-23)21(26)6-5-16-11-22-20-4-2-1-3-19(16)20/h1-4,11,17-18,22,25H,5-10,12-15H2/t17-,18-/m1/s1. The summed E-state index contributed by atoms with van der Waals surface area (Å²) in [5.74, 6) is 0.734. The highest BCUT2D eigenvalue weighted by Gasteiger charge is 2.35. The van der Waals surface area contributed by atoms with Crippen LogP contribution in [-0.2, 0) is 16.0 Å². The Hall–Kier alpha value is -1.89. The zero-order chi connectivity index (χ0) is 18.6. The number of amides is 1. The average molecular weight is 371 g/mol. The first-order valence-electron chi connectivity index (χ1n) is 9.98. The lowest BCUT2D eigenvalue weighted by atomic mass is 9.96. The van der Waals surface area contributed by atoms with E-state index >= 15 is 0 Å². The number of fused-ring (bicyclic) bond motifs is 1. The second-order valence-electron chi connectivity index (χ2n) is 7.77. The number of likely N-dealkylation sites (tertiary alicyclic amines) is 1. The van der Waals surface area contributed by atoms with Gasteiger partial charge in [0.15, 0.2) is 0 Å². The largest absolute Gasteiger partial charge is 0.396 e. The second-order valence-corrected chi connectivity index (χ2v) is 7.77. The van der Waals surface area contributed by atoms with Gasteiger partial charge in [-0.25, -0.2) is 0 Å². The van der Waals surface area contributed by atoms with Crippen LogP contribution in [0.4, 0.5) is 0 Å². The molecule has 0 aliphatic carbocycles. The van der Waals surface area contributed by atoms with E-state index in [0.29, 0.717) is 18.9 Å². The van der Waals surface area contributed by atoms with Gasteiger partial charge in [0.05, 0.1) is 13.2 Å². The van der Waals surface area contributed by atoms with Crippen molar-refractivity contribution in [1.82, 2.24) is 14.8 Å². The first-order valence-corrected chi connectivity index (χ1v) is 9.98. The number of nitrogens with one attached hydrogen (secondary N) is 1. The van der Waals surface area contributed by atoms with Crippen molar-refractivity contribution in [2.24, 2.45) is 11.8 Å². The van der Waals surface area contributed by atoms with Crippen LogP contribution in [0.5, 0.6) is 0 Å². The predicted molar refractivity (Wildman–Crippen MR) is 105 cm³/mol. The number of morpholine rings is 1. The minimum absolute atomic E-state index is 0.154. The Kier molecular flexibility index (Phi) is 5.76. The minimum Gasteiger partial charge on any atom is -0.396 e. The summed E-state index contributed by atoms with van der Waals surface area (Å²) in [5, 5.41) is 11.0. The van der Waals surface area contributed by atoms with Crippen LogP contribution in [0.15, 0.2) is 30.5 Å². The van der Waals surface area contributed by atoms with Gasteiger partial charge in [0.2, 0.25) is 5.91 Å². The lowest BCUT2D eigenvalue weighted by Crippen LogP contribution is -2.41. The molecule has 2 aliphatic rings. The molecule has 0 bridgehead atoms. The van der Waals surface area contributed by atoms with Crippen LogP contribution in [0, 0.1) is 11.8 Å². The Morgan fingerprint density at radius 3 is 2.78 bits per heavy atom. The number of benzene rings is 1. The molecule has 2 aromatic rings. The van der Waals surface area contributed by atoms with Gasteiger partial charge < -0.3 is 19.7 Å². The first-order chi connectivity index (χ1) is 13.2. The number of para-hydroxylation sites is 1. The minimum atomic E-state index is 0.154. The number of ether oxygens (including phenoxy) is 1. The van der Waals surface area contributed by atoms with Gasteiger partial charge in [-0.05, 0) is 24.0 Å². The lowest BCUT2D eigenvalue weighted by Gasteiger charge is -2.30. The number of rotatable bonds is 6. The van der Waals surface area contributed by atoms with Gasteiger partial charge in [0.1, 0.15) is 0 Å². The number of hydrogen-bond donors (Lipinski definition) is 2. The summed E-state index contributed by atoms with van der Waals surface area (Å²) in [5.41, 5.74) is 2.31. The SMILES string of the molecule is O=C(CCc1c[nH]c2ccccc12)N1C[C@@H](CN2CCOCC2)[C@@H](CO)C1. The number of aromatic amines is 1. The molecule has 146 valence electrons. The number of aryl methyl sites for hydroxylation is 1. The predicted octanol–water partition coefficient (Wildman–Crippen LogP) is 1.50. The number of carbonyl (C=O) groups is 1. The van der Waals surface area contributed by atoms with Crippen molar-refractivity contribution in [3.63, 3.8) is 0 Å². The van der Waals surface area contributed by atoms with Gasteiger partial charge in [-0.1, -0.05) is 18.2 Å². The zero-order valence-electron chi connectivity index (χ0n) is 15.8. The Balaban J connectivity index is 1.33. The molecular weight excluding hydrogens is 342 g/mol. The van der Waals surface area contributed by atoms with Gasteiger partial charge in [-0.2, -0.15) is 0 Å². The molecule has 2 aliphatic heterocycles. The molecule has 1 amide bonds. The fraction of sp³-hybridized carbons (Fsp3) is 0.571. The quantitative estimate of drug-likeness (QED) is 0.808. The van der Waals surface area contributed by atoms with E-state index in [1.54, 1.807) is 0 Å². The summed E-state index contributed by atoms with van der Waals surface area (Å²) in [6, 6.07) is 8.20. The summed E-state index contributed by atoms with van der Waals surface area (Å²) in [7, 11) is 0. The normalized spacial score (nSPS) is 24.0. The van der Waals surface area contributed by atoms with E-state index in [-0.39, 0.29) is 18.4 Å². The van der Waals surface area contributed by atoms with Crippen molar-refractivity contribution in [3.8, 4) is 0 Å². The van der Waals surface area contributed by atoms with E-state index in [2.05, 4.69) is 22.0 Å². The maximum Gasteiger partial charge on any atom is 0.222 e. The summed E-state index contributed by atoms with van der Waals surface area (Å²) in [6.07, 6.45) is 3.28. The molecule has 3 heterocycles. The first kappa shape index (κ1) is 18.5. The highest BCUT2D eigenvalue weighted by Crippen LogP contribution is 2.26. The number of aromatic nitrogens is 1. The van der Waals surface area contributed by atoms with E-state index in [1.165, 1.54) is 10.9 Å². The van der Waals surface area contributed by atoms with E-state index < -0.39 is 0 Å². The van der Waals surface area contributed by atoms with E-state index in [4.69, 9.17) is 4.74 Å². The number of H-pyrrole nitrogens is 1. The van der Waals surface area contributed by atoms with Gasteiger partial charge in [-0.3, -0.25) is 9.69 Å². The molecule has 0 radical (unpaired) electrons. The Morgan fingerprint density at radius 2 is 1.96 bits per heavy atom. The highest BCUT2D eigenvalue weighted by molar-refractivity contribution is 5.84. The third kappa shape index (κ3) is 4.18. The molecule has 6 nitrogen and oxygen atoms in total. The molecular formula is C21H29N3O3. The number of aliphatic hydroxyl groups excluding tert-OH is 1. The number of hydrogen-bond acceptors (Lipinski definition) is 4. The van der Waals surface area contributed by atoms with Crippen LogP contribution in [0.1, 0.15) is 12.0 Å². The summed E-state index contributed by atoms with van der Waals surface area (Å²) in [6.45, 7) is 6.00. The molecule has 1 aromatic carbocycles. The molecule has 0 spiro atoms. The van der Waals surface area contributed by atoms with Gasteiger partial charge in [0, 0.05) is 68.8 Å². The molecule has 2 atom stereocenters. The third-order valence-corrected chi connectivity index (χ3v) is 6.04. The monoisotopic (exact) mass is 371 g/mol. The fourth-order valence-corrected chi connectivity index (χ4v) is 4.41. The second kappa shape index (κ2) is 8.42. The van der Waals surface area contributed by atoms with Crippen molar-refractivity contribution in [2.45, 2.75) is 12.8 Å². The van der Waals surface area contributed by atoms with Crippen molar-refractivity contribution >= 4 is 16.8 Å². The van der Waals surface area contributed by atoms with E-state index in [0.717, 1.165) is 51.3 Å². The summed E-state index contributed by atoms with van der Waals surface area (Å²) >= 11 is 0. The molecule has 0 unspecified atom stereocenters. The Bertz CT molecular complexity index is 769. The van der Waals surface area contributed by atoms with Crippen molar-refractivity contribution in [2.75, 3.05) is 52.5 Å². The highest BCUT2D eigenvalue weighted by atomic mass is 16.5. The number of aliphatic hydroxyl groups is 1. The molecule has 2 N–H and O–H groups in total. The van der Waals surface area contributed by atoms with Gasteiger partial charge in [-0.15, -0.1) is 0 Å².